The molecule has 300 valence electrons. The van der Waals surface area contributed by atoms with Crippen molar-refractivity contribution in [3.8, 4) is 0 Å². The topological polar surface area (TPSA) is 369 Å². The summed E-state index contributed by atoms with van der Waals surface area (Å²) in [6.07, 6.45) is -32.3. The Morgan fingerprint density at radius 2 is 0.765 bits per heavy atom. The predicted octanol–water partition coefficient (Wildman–Crippen LogP) is -10.1. The van der Waals surface area contributed by atoms with Gasteiger partial charge in [-0.05, 0) is 0 Å². The van der Waals surface area contributed by atoms with Gasteiger partial charge in [-0.15, -0.1) is 0 Å². The summed E-state index contributed by atoms with van der Waals surface area (Å²) in [6, 6.07) is 0. The van der Waals surface area contributed by atoms with Gasteiger partial charge in [0.1, 0.15) is 97.7 Å². The van der Waals surface area contributed by atoms with E-state index in [4.69, 9.17) is 37.9 Å². The van der Waals surface area contributed by atoms with Gasteiger partial charge in [0.25, 0.3) is 0 Å². The van der Waals surface area contributed by atoms with Crippen molar-refractivity contribution in [1.82, 2.24) is 5.32 Å². The van der Waals surface area contributed by atoms with E-state index in [9.17, 15) is 71.5 Å². The summed E-state index contributed by atoms with van der Waals surface area (Å²) >= 11 is 0. The van der Waals surface area contributed by atoms with E-state index in [1.54, 1.807) is 0 Å². The Bertz CT molecular complexity index is 1020. The Morgan fingerprint density at radius 1 is 0.392 bits per heavy atom. The third-order valence-electron chi connectivity index (χ3n) is 9.03. The lowest BCUT2D eigenvalue weighted by Gasteiger charge is -2.46. The minimum absolute atomic E-state index is 0.0657. The van der Waals surface area contributed by atoms with Crippen molar-refractivity contribution in [3.05, 3.63) is 0 Å². The summed E-state index contributed by atoms with van der Waals surface area (Å²) < 4.78 is 43.8. The van der Waals surface area contributed by atoms with E-state index < -0.39 is 149 Å². The number of aliphatic hydroxyl groups excluding tert-OH is 14. The maximum Gasteiger partial charge on any atom is 0.187 e. The predicted molar refractivity (Wildman–Crippen MR) is 158 cm³/mol. The molecule has 0 saturated carbocycles. The highest BCUT2D eigenvalue weighted by molar-refractivity contribution is 4.95. The molecule has 51 heavy (non-hydrogen) atoms. The van der Waals surface area contributed by atoms with Crippen LogP contribution in [0, 0.1) is 0 Å². The normalized spacial score (nSPS) is 48.1. The average Bonchev–Trinajstić information content (AvgIpc) is 3.12. The van der Waals surface area contributed by atoms with E-state index in [-0.39, 0.29) is 26.3 Å². The second kappa shape index (κ2) is 19.6. The van der Waals surface area contributed by atoms with Crippen molar-refractivity contribution in [2.24, 2.45) is 0 Å². The van der Waals surface area contributed by atoms with E-state index in [1.165, 1.54) is 0 Å². The number of ether oxygens (including phenoxy) is 8. The minimum atomic E-state index is -1.90. The van der Waals surface area contributed by atoms with Crippen LogP contribution in [0.25, 0.3) is 0 Å². The fraction of sp³-hybridized carbons (Fsp3) is 1.00. The first-order chi connectivity index (χ1) is 24.2. The molecule has 4 fully saturated rings. The molecule has 0 aromatic heterocycles. The van der Waals surface area contributed by atoms with Crippen molar-refractivity contribution in [2.45, 2.75) is 123 Å². The SMILES string of the molecule is OC[C@H]1O[C@@H](OCCNCCO[C@H]2O[C@H](CO[C@H]3O[C@H](CO)[C@@H](O)[C@H](O)[C@@H]3O)[C@@H](O)[C@H](O[C@H]3O[C@H](CO)[C@@H](O)[C@H](O)[C@@H]3O)[C@@H]2O)[C@@H](O)[C@@H](O)[C@@H]1O. The van der Waals surface area contributed by atoms with Gasteiger partial charge >= 0.3 is 0 Å². The highest BCUT2D eigenvalue weighted by atomic mass is 16.8. The number of rotatable bonds is 16. The zero-order valence-corrected chi connectivity index (χ0v) is 27.2. The molecule has 4 aliphatic heterocycles. The van der Waals surface area contributed by atoms with Crippen molar-refractivity contribution >= 4 is 0 Å². The van der Waals surface area contributed by atoms with Gasteiger partial charge in [0.2, 0.25) is 0 Å². The lowest BCUT2D eigenvalue weighted by Crippen LogP contribution is -2.65. The van der Waals surface area contributed by atoms with Gasteiger partial charge in [0.15, 0.2) is 25.2 Å². The fourth-order valence-electron chi connectivity index (χ4n) is 5.89. The molecule has 23 heteroatoms. The third-order valence-corrected chi connectivity index (χ3v) is 9.03. The molecule has 15 N–H and O–H groups in total. The molecule has 0 radical (unpaired) electrons. The largest absolute Gasteiger partial charge is 0.394 e. The van der Waals surface area contributed by atoms with Crippen LogP contribution in [0.1, 0.15) is 0 Å². The summed E-state index contributed by atoms with van der Waals surface area (Å²) in [7, 11) is 0. The zero-order valence-electron chi connectivity index (χ0n) is 27.2. The van der Waals surface area contributed by atoms with Crippen LogP contribution < -0.4 is 5.32 Å². The lowest BCUT2D eigenvalue weighted by atomic mass is 9.96. The molecule has 0 aliphatic carbocycles. The summed E-state index contributed by atoms with van der Waals surface area (Å²) in [5.74, 6) is 0. The van der Waals surface area contributed by atoms with Crippen molar-refractivity contribution < 1.29 is 109 Å². The van der Waals surface area contributed by atoms with E-state index in [2.05, 4.69) is 5.32 Å². The average molecular weight is 754 g/mol. The first kappa shape index (κ1) is 42.8. The fourth-order valence-corrected chi connectivity index (χ4v) is 5.89. The number of nitrogens with one attached hydrogen (secondary N) is 1. The van der Waals surface area contributed by atoms with Gasteiger partial charge in [-0.1, -0.05) is 0 Å². The summed E-state index contributed by atoms with van der Waals surface area (Å²) in [6.45, 7) is -2.76. The molecule has 4 saturated heterocycles. The maximum absolute atomic E-state index is 11.1. The Kier molecular flexibility index (Phi) is 16.5. The van der Waals surface area contributed by atoms with E-state index >= 15 is 0 Å². The van der Waals surface area contributed by atoms with Gasteiger partial charge in [0.05, 0.1) is 39.6 Å². The Labute approximate surface area is 290 Å². The van der Waals surface area contributed by atoms with E-state index in [1.807, 2.05) is 0 Å². The molecule has 4 heterocycles. The molecule has 0 aromatic rings. The van der Waals surface area contributed by atoms with Crippen molar-refractivity contribution in [3.63, 3.8) is 0 Å². The number of hydrogen-bond acceptors (Lipinski definition) is 23. The summed E-state index contributed by atoms with van der Waals surface area (Å²) in [4.78, 5) is 0. The Balaban J connectivity index is 1.35. The molecule has 0 bridgehead atoms. The second-order valence-corrected chi connectivity index (χ2v) is 12.5. The molecule has 4 rings (SSSR count). The molecular weight excluding hydrogens is 702 g/mol. The first-order valence-electron chi connectivity index (χ1n) is 16.4. The van der Waals surface area contributed by atoms with Gasteiger partial charge in [-0.2, -0.15) is 0 Å². The van der Waals surface area contributed by atoms with Crippen LogP contribution in [0.15, 0.2) is 0 Å². The summed E-state index contributed by atoms with van der Waals surface area (Å²) in [5.41, 5.74) is 0. The molecule has 0 unspecified atom stereocenters. The molecule has 0 aromatic carbocycles. The smallest absolute Gasteiger partial charge is 0.187 e. The van der Waals surface area contributed by atoms with Gasteiger partial charge in [0, 0.05) is 13.1 Å². The van der Waals surface area contributed by atoms with E-state index in [0.29, 0.717) is 0 Å². The van der Waals surface area contributed by atoms with Crippen LogP contribution in [0.3, 0.4) is 0 Å². The minimum Gasteiger partial charge on any atom is -0.394 e. The van der Waals surface area contributed by atoms with Crippen LogP contribution >= 0.6 is 0 Å². The monoisotopic (exact) mass is 753 g/mol. The van der Waals surface area contributed by atoms with Gasteiger partial charge < -0.3 is 115 Å². The van der Waals surface area contributed by atoms with Gasteiger partial charge in [-0.25, -0.2) is 0 Å². The number of aliphatic hydroxyl groups is 14. The second-order valence-electron chi connectivity index (χ2n) is 12.5. The van der Waals surface area contributed by atoms with Crippen LogP contribution in [0.4, 0.5) is 0 Å². The van der Waals surface area contributed by atoms with E-state index in [0.717, 1.165) is 0 Å². The van der Waals surface area contributed by atoms with Crippen LogP contribution in [-0.2, 0) is 37.9 Å². The molecule has 0 spiro atoms. The molecule has 23 nitrogen and oxygen atoms in total. The molecule has 4 aliphatic rings. The third kappa shape index (κ3) is 10.0. The quantitative estimate of drug-likeness (QED) is 0.0651. The highest BCUT2D eigenvalue weighted by Gasteiger charge is 2.52. The lowest BCUT2D eigenvalue weighted by molar-refractivity contribution is -0.366. The molecule has 0 amide bonds. The summed E-state index contributed by atoms with van der Waals surface area (Å²) in [5, 5.41) is 144. The van der Waals surface area contributed by atoms with Crippen LogP contribution in [0.2, 0.25) is 0 Å². The zero-order chi connectivity index (χ0) is 37.6. The standard InChI is InChI=1S/C28H51NO22/c30-5-9-13(33)17(37)20(40)25(47-9)44-3-1-29-2-4-45-27-23(43)24(51-28-22(42)19(39)15(35)11(7-32)49-28)16(36)12(50-27)8-46-26-21(41)18(38)14(34)10(6-31)48-26/h9-43H,1-8H2/t9-,10-,11-,12-,13-,14-,15-,16-,17+,18+,19+,20+,21+,22+,23+,24+,25-,26+,27+,28-/m1/s1. The van der Waals surface area contributed by atoms with Crippen LogP contribution in [0.5, 0.6) is 0 Å². The van der Waals surface area contributed by atoms with Crippen molar-refractivity contribution in [1.29, 1.82) is 0 Å². The molecule has 20 atom stereocenters. The first-order valence-corrected chi connectivity index (χ1v) is 16.4. The number of hydrogen-bond donors (Lipinski definition) is 15. The Morgan fingerprint density at radius 3 is 1.22 bits per heavy atom. The van der Waals surface area contributed by atoms with Crippen LogP contribution in [-0.4, -0.2) is 247 Å². The van der Waals surface area contributed by atoms with Crippen molar-refractivity contribution in [2.75, 3.05) is 52.7 Å². The molecular formula is C28H51NO22. The van der Waals surface area contributed by atoms with Gasteiger partial charge in [-0.3, -0.25) is 0 Å². The maximum atomic E-state index is 11.1. The highest BCUT2D eigenvalue weighted by Crippen LogP contribution is 2.31. The Hall–Kier alpha value is -0.920.